The van der Waals surface area contributed by atoms with E-state index in [0.717, 1.165) is 11.4 Å². The van der Waals surface area contributed by atoms with Gasteiger partial charge in [-0.25, -0.2) is 32.7 Å². The molecular formula is C22H30N8O3S. The predicted molar refractivity (Wildman–Crippen MR) is 131 cm³/mol. The molecule has 34 heavy (non-hydrogen) atoms. The second-order valence-electron chi connectivity index (χ2n) is 9.39. The highest BCUT2D eigenvalue weighted by Crippen LogP contribution is 2.35. The second-order valence-corrected chi connectivity index (χ2v) is 11.4. The normalized spacial score (nSPS) is 17.1. The van der Waals surface area contributed by atoms with Crippen molar-refractivity contribution in [3.05, 3.63) is 30.4 Å². The maximum absolute atomic E-state index is 11.8. The third-order valence-electron chi connectivity index (χ3n) is 5.65. The van der Waals surface area contributed by atoms with Gasteiger partial charge in [0, 0.05) is 42.5 Å². The molecule has 1 atom stereocenters. The summed E-state index contributed by atoms with van der Waals surface area (Å²) in [6, 6.07) is 3.53. The molecule has 0 spiro atoms. The van der Waals surface area contributed by atoms with Crippen LogP contribution in [-0.2, 0) is 15.4 Å². The molecule has 0 amide bonds. The van der Waals surface area contributed by atoms with Crippen molar-refractivity contribution in [3.63, 3.8) is 0 Å². The van der Waals surface area contributed by atoms with Gasteiger partial charge in [0.15, 0.2) is 11.6 Å². The van der Waals surface area contributed by atoms with Crippen LogP contribution in [0, 0.1) is 0 Å². The van der Waals surface area contributed by atoms with E-state index in [4.69, 9.17) is 20.4 Å². The number of anilines is 2. The van der Waals surface area contributed by atoms with Crippen LogP contribution in [0.2, 0.25) is 0 Å². The van der Waals surface area contributed by atoms with Gasteiger partial charge in [-0.1, -0.05) is 20.8 Å². The van der Waals surface area contributed by atoms with Crippen molar-refractivity contribution in [1.29, 1.82) is 0 Å². The summed E-state index contributed by atoms with van der Waals surface area (Å²) in [6.45, 7) is 7.07. The van der Waals surface area contributed by atoms with E-state index >= 15 is 0 Å². The lowest BCUT2D eigenvalue weighted by Gasteiger charge is -2.15. The molecule has 11 nitrogen and oxygen atoms in total. The molecule has 12 heteroatoms. The Bertz CT molecular complexity index is 1300. The molecule has 4 heterocycles. The Hall–Kier alpha value is -3.25. The number of imidazole rings is 1. The first-order valence-electron chi connectivity index (χ1n) is 10.9. The number of rotatable bonds is 6. The molecule has 0 aliphatic carbocycles. The van der Waals surface area contributed by atoms with Gasteiger partial charge < -0.3 is 20.8 Å². The second kappa shape index (κ2) is 8.84. The van der Waals surface area contributed by atoms with E-state index in [2.05, 4.69) is 41.0 Å². The summed E-state index contributed by atoms with van der Waals surface area (Å²) in [7, 11) is -1.68. The van der Waals surface area contributed by atoms with Crippen molar-refractivity contribution in [2.45, 2.75) is 38.6 Å². The number of hydrogen-bond donors (Lipinski definition) is 3. The molecule has 4 N–H and O–H groups in total. The molecule has 0 aromatic carbocycles. The van der Waals surface area contributed by atoms with Crippen molar-refractivity contribution >= 4 is 21.8 Å². The lowest BCUT2D eigenvalue weighted by atomic mass is 9.96. The Morgan fingerprint density at radius 3 is 2.68 bits per heavy atom. The fourth-order valence-electron chi connectivity index (χ4n) is 3.77. The summed E-state index contributed by atoms with van der Waals surface area (Å²) < 4.78 is 30.5. The largest absolute Gasteiger partial charge is 0.493 e. The lowest BCUT2D eigenvalue weighted by Crippen LogP contribution is -2.31. The van der Waals surface area contributed by atoms with Crippen LogP contribution in [0.15, 0.2) is 24.5 Å². The fraction of sp³-hybridized carbons (Fsp3) is 0.455. The number of ether oxygens (including phenoxy) is 1. The lowest BCUT2D eigenvalue weighted by molar-refractivity contribution is 0.415. The standard InChI is InChI=1S/C22H30N8O3S/c1-22(2,3)20-28-17(13-10-16(33-4)19(23)25-11-13)18(29-20)15-6-8-24-21(27-15)26-14-7-9-30(12-14)34(5,31)32/h6,8,10-11,14H,7,9,12H2,1-5H3,(H2,23,25)(H,28,29)(H,24,26,27). The average Bonchev–Trinajstić information content (AvgIpc) is 3.42. The number of hydrogen-bond acceptors (Lipinski definition) is 9. The van der Waals surface area contributed by atoms with Crippen LogP contribution in [0.1, 0.15) is 33.0 Å². The minimum Gasteiger partial charge on any atom is -0.493 e. The Morgan fingerprint density at radius 2 is 2.03 bits per heavy atom. The van der Waals surface area contributed by atoms with E-state index in [1.54, 1.807) is 31.6 Å². The van der Waals surface area contributed by atoms with Gasteiger partial charge in [-0.3, -0.25) is 0 Å². The van der Waals surface area contributed by atoms with Gasteiger partial charge in [-0.05, 0) is 18.6 Å². The maximum atomic E-state index is 11.8. The molecular weight excluding hydrogens is 456 g/mol. The molecule has 3 aromatic heterocycles. The van der Waals surface area contributed by atoms with Crippen LogP contribution < -0.4 is 15.8 Å². The Labute approximate surface area is 199 Å². The minimum atomic E-state index is -3.22. The molecule has 1 unspecified atom stereocenters. The number of H-pyrrole nitrogens is 1. The van der Waals surface area contributed by atoms with Crippen LogP contribution in [-0.4, -0.2) is 70.1 Å². The molecule has 0 saturated carbocycles. The van der Waals surface area contributed by atoms with Gasteiger partial charge in [-0.15, -0.1) is 0 Å². The number of sulfonamides is 1. The van der Waals surface area contributed by atoms with Crippen molar-refractivity contribution in [3.8, 4) is 28.4 Å². The van der Waals surface area contributed by atoms with Gasteiger partial charge in [-0.2, -0.15) is 0 Å². The van der Waals surface area contributed by atoms with Crippen LogP contribution in [0.5, 0.6) is 5.75 Å². The first kappa shape index (κ1) is 23.9. The first-order valence-corrected chi connectivity index (χ1v) is 12.8. The van der Waals surface area contributed by atoms with Gasteiger partial charge in [0.05, 0.1) is 30.4 Å². The molecule has 1 saturated heterocycles. The quantitative estimate of drug-likeness (QED) is 0.476. The van der Waals surface area contributed by atoms with Gasteiger partial charge in [0.25, 0.3) is 0 Å². The molecule has 0 bridgehead atoms. The first-order chi connectivity index (χ1) is 16.0. The Morgan fingerprint density at radius 1 is 1.26 bits per heavy atom. The van der Waals surface area contributed by atoms with Crippen LogP contribution in [0.25, 0.3) is 22.6 Å². The summed E-state index contributed by atoms with van der Waals surface area (Å²) in [4.78, 5) is 21.6. The third-order valence-corrected chi connectivity index (χ3v) is 6.92. The monoisotopic (exact) mass is 486 g/mol. The SMILES string of the molecule is COc1cc(-c2nc(C(C)(C)C)[nH]c2-c2ccnc(NC3CCN(S(C)(=O)=O)C3)n2)cnc1N. The number of methoxy groups -OCH3 is 1. The van der Waals surface area contributed by atoms with Crippen LogP contribution >= 0.6 is 0 Å². The third kappa shape index (κ3) is 4.97. The summed E-state index contributed by atoms with van der Waals surface area (Å²) >= 11 is 0. The number of aromatic amines is 1. The van der Waals surface area contributed by atoms with Crippen molar-refractivity contribution in [2.75, 3.05) is 37.5 Å². The molecule has 1 aliphatic heterocycles. The van der Waals surface area contributed by atoms with Crippen molar-refractivity contribution in [1.82, 2.24) is 29.2 Å². The predicted octanol–water partition coefficient (Wildman–Crippen LogP) is 2.26. The molecule has 182 valence electrons. The zero-order valence-electron chi connectivity index (χ0n) is 20.0. The molecule has 4 rings (SSSR count). The number of nitrogens with one attached hydrogen (secondary N) is 2. The van der Waals surface area contributed by atoms with E-state index in [9.17, 15) is 8.42 Å². The fourth-order valence-corrected chi connectivity index (χ4v) is 4.66. The highest BCUT2D eigenvalue weighted by atomic mass is 32.2. The minimum absolute atomic E-state index is 0.0677. The van der Waals surface area contributed by atoms with E-state index in [1.165, 1.54) is 10.6 Å². The van der Waals surface area contributed by atoms with Gasteiger partial charge >= 0.3 is 0 Å². The van der Waals surface area contributed by atoms with Crippen LogP contribution in [0.4, 0.5) is 11.8 Å². The highest BCUT2D eigenvalue weighted by molar-refractivity contribution is 7.88. The van der Waals surface area contributed by atoms with Crippen molar-refractivity contribution < 1.29 is 13.2 Å². The van der Waals surface area contributed by atoms with E-state index in [1.807, 2.05) is 0 Å². The molecule has 1 aliphatic rings. The highest BCUT2D eigenvalue weighted by Gasteiger charge is 2.29. The summed E-state index contributed by atoms with van der Waals surface area (Å²) in [5, 5.41) is 3.26. The smallest absolute Gasteiger partial charge is 0.223 e. The van der Waals surface area contributed by atoms with Gasteiger partial charge in [0.2, 0.25) is 16.0 Å². The maximum Gasteiger partial charge on any atom is 0.223 e. The molecule has 0 radical (unpaired) electrons. The summed E-state index contributed by atoms with van der Waals surface area (Å²) in [5.41, 5.74) is 8.44. The Balaban J connectivity index is 1.70. The zero-order valence-corrected chi connectivity index (χ0v) is 20.8. The summed E-state index contributed by atoms with van der Waals surface area (Å²) in [6.07, 6.45) is 5.22. The average molecular weight is 487 g/mol. The van der Waals surface area contributed by atoms with E-state index in [-0.39, 0.29) is 11.5 Å². The Kier molecular flexibility index (Phi) is 6.21. The zero-order chi connectivity index (χ0) is 24.7. The van der Waals surface area contributed by atoms with Gasteiger partial charge in [0.1, 0.15) is 5.82 Å². The van der Waals surface area contributed by atoms with Crippen LogP contribution in [0.3, 0.4) is 0 Å². The number of nitrogens with zero attached hydrogens (tertiary/aromatic N) is 5. The molecule has 3 aromatic rings. The number of aromatic nitrogens is 5. The topological polar surface area (TPSA) is 152 Å². The number of nitrogens with two attached hydrogens (primary N) is 1. The summed E-state index contributed by atoms with van der Waals surface area (Å²) in [5.74, 6) is 1.97. The molecule has 1 fully saturated rings. The van der Waals surface area contributed by atoms with E-state index in [0.29, 0.717) is 54.1 Å². The van der Waals surface area contributed by atoms with Crippen molar-refractivity contribution in [2.24, 2.45) is 0 Å². The van der Waals surface area contributed by atoms with E-state index < -0.39 is 10.0 Å². The number of nitrogen functional groups attached to an aromatic ring is 1. The number of pyridine rings is 1.